The first-order valence-electron chi connectivity index (χ1n) is 6.76. The van der Waals surface area contributed by atoms with Gasteiger partial charge in [-0.05, 0) is 25.5 Å². The quantitative estimate of drug-likeness (QED) is 0.821. The number of nitrogens with one attached hydrogen (secondary N) is 2. The molecular formula is C14H19N3O2S2. The minimum atomic E-state index is -3.55. The van der Waals surface area contributed by atoms with E-state index in [1.807, 2.05) is 19.9 Å². The summed E-state index contributed by atoms with van der Waals surface area (Å²) < 4.78 is 27.5. The summed E-state index contributed by atoms with van der Waals surface area (Å²) >= 11 is 1.45. The molecule has 114 valence electrons. The van der Waals surface area contributed by atoms with E-state index in [1.54, 1.807) is 23.7 Å². The first-order valence-corrected chi connectivity index (χ1v) is 9.12. The monoisotopic (exact) mass is 325 g/mol. The summed E-state index contributed by atoms with van der Waals surface area (Å²) in [6.45, 7) is 4.91. The molecular weight excluding hydrogens is 306 g/mol. The van der Waals surface area contributed by atoms with E-state index in [9.17, 15) is 8.42 Å². The highest BCUT2D eigenvalue weighted by Gasteiger charge is 2.18. The van der Waals surface area contributed by atoms with Gasteiger partial charge in [-0.25, -0.2) is 18.1 Å². The number of anilines is 1. The Morgan fingerprint density at radius 1 is 1.29 bits per heavy atom. The second-order valence-electron chi connectivity index (χ2n) is 4.61. The predicted molar refractivity (Wildman–Crippen MR) is 86.1 cm³/mol. The molecule has 21 heavy (non-hydrogen) atoms. The zero-order valence-electron chi connectivity index (χ0n) is 12.1. The van der Waals surface area contributed by atoms with Crippen molar-refractivity contribution in [3.63, 3.8) is 0 Å². The molecule has 0 amide bonds. The lowest BCUT2D eigenvalue weighted by Crippen LogP contribution is -2.24. The summed E-state index contributed by atoms with van der Waals surface area (Å²) in [5.74, 6) is 0. The normalized spacial score (nSPS) is 11.5. The molecule has 7 heteroatoms. The summed E-state index contributed by atoms with van der Waals surface area (Å²) in [5, 5.41) is 3.14. The maximum Gasteiger partial charge on any atom is 0.242 e. The van der Waals surface area contributed by atoms with E-state index in [0.29, 0.717) is 5.69 Å². The SMILES string of the molecule is CCCNc1ccccc1S(=O)(=O)NCc1scnc1C. The first-order chi connectivity index (χ1) is 10.0. The number of benzene rings is 1. The van der Waals surface area contributed by atoms with Crippen LogP contribution in [0.1, 0.15) is 23.9 Å². The van der Waals surface area contributed by atoms with E-state index >= 15 is 0 Å². The van der Waals surface area contributed by atoms with Gasteiger partial charge in [0.1, 0.15) is 4.90 Å². The molecule has 0 atom stereocenters. The third-order valence-corrected chi connectivity index (χ3v) is 5.40. The van der Waals surface area contributed by atoms with Crippen molar-refractivity contribution in [3.8, 4) is 0 Å². The smallest absolute Gasteiger partial charge is 0.242 e. The number of thiazole rings is 1. The van der Waals surface area contributed by atoms with Crippen molar-refractivity contribution >= 4 is 27.0 Å². The molecule has 0 radical (unpaired) electrons. The third kappa shape index (κ3) is 4.03. The molecule has 5 nitrogen and oxygen atoms in total. The summed E-state index contributed by atoms with van der Waals surface area (Å²) in [7, 11) is -3.55. The fraction of sp³-hybridized carbons (Fsp3) is 0.357. The topological polar surface area (TPSA) is 71.1 Å². The summed E-state index contributed by atoms with van der Waals surface area (Å²) in [6.07, 6.45) is 0.932. The lowest BCUT2D eigenvalue weighted by atomic mass is 10.3. The lowest BCUT2D eigenvalue weighted by Gasteiger charge is -2.12. The Bertz CT molecular complexity index is 696. The number of para-hydroxylation sites is 1. The van der Waals surface area contributed by atoms with E-state index in [4.69, 9.17) is 0 Å². The maximum absolute atomic E-state index is 12.5. The van der Waals surface area contributed by atoms with Gasteiger partial charge >= 0.3 is 0 Å². The van der Waals surface area contributed by atoms with Crippen LogP contribution in [0.5, 0.6) is 0 Å². The number of aryl methyl sites for hydroxylation is 1. The van der Waals surface area contributed by atoms with Gasteiger partial charge in [-0.3, -0.25) is 0 Å². The summed E-state index contributed by atoms with van der Waals surface area (Å²) in [6, 6.07) is 6.94. The second kappa shape index (κ2) is 7.02. The molecule has 0 unspecified atom stereocenters. The Kier molecular flexibility index (Phi) is 5.33. The van der Waals surface area contributed by atoms with Crippen molar-refractivity contribution in [3.05, 3.63) is 40.3 Å². The number of aromatic nitrogens is 1. The number of sulfonamides is 1. The van der Waals surface area contributed by atoms with Crippen LogP contribution in [0.15, 0.2) is 34.7 Å². The van der Waals surface area contributed by atoms with Gasteiger partial charge in [0, 0.05) is 18.0 Å². The highest BCUT2D eigenvalue weighted by atomic mass is 32.2. The van der Waals surface area contributed by atoms with E-state index in [2.05, 4.69) is 15.0 Å². The minimum Gasteiger partial charge on any atom is -0.384 e. The molecule has 0 aliphatic heterocycles. The molecule has 1 aromatic carbocycles. The lowest BCUT2D eigenvalue weighted by molar-refractivity contribution is 0.582. The van der Waals surface area contributed by atoms with Crippen molar-refractivity contribution in [1.29, 1.82) is 0 Å². The van der Waals surface area contributed by atoms with Crippen LogP contribution in [-0.4, -0.2) is 19.9 Å². The molecule has 2 aromatic rings. The zero-order valence-corrected chi connectivity index (χ0v) is 13.7. The molecule has 0 bridgehead atoms. The summed E-state index contributed by atoms with van der Waals surface area (Å²) in [5.41, 5.74) is 3.21. The molecule has 0 saturated carbocycles. The Morgan fingerprint density at radius 3 is 2.71 bits per heavy atom. The van der Waals surface area contributed by atoms with Crippen LogP contribution in [0.25, 0.3) is 0 Å². The van der Waals surface area contributed by atoms with Gasteiger partial charge in [-0.1, -0.05) is 19.1 Å². The van der Waals surface area contributed by atoms with E-state index in [1.165, 1.54) is 11.3 Å². The molecule has 0 aliphatic carbocycles. The third-order valence-electron chi connectivity index (χ3n) is 3.01. The Morgan fingerprint density at radius 2 is 2.05 bits per heavy atom. The van der Waals surface area contributed by atoms with E-state index < -0.39 is 10.0 Å². The fourth-order valence-corrected chi connectivity index (χ4v) is 3.83. The van der Waals surface area contributed by atoms with Crippen molar-refractivity contribution in [2.45, 2.75) is 31.7 Å². The molecule has 2 N–H and O–H groups in total. The van der Waals surface area contributed by atoms with Crippen LogP contribution in [0.3, 0.4) is 0 Å². The molecule has 2 rings (SSSR count). The summed E-state index contributed by atoms with van der Waals surface area (Å²) in [4.78, 5) is 5.33. The van der Waals surface area contributed by atoms with Crippen LogP contribution in [0.2, 0.25) is 0 Å². The molecule has 1 heterocycles. The largest absolute Gasteiger partial charge is 0.384 e. The number of hydrogen-bond acceptors (Lipinski definition) is 5. The molecule has 0 aliphatic rings. The van der Waals surface area contributed by atoms with Crippen molar-refractivity contribution < 1.29 is 8.42 Å². The first kappa shape index (κ1) is 15.9. The molecule has 0 fully saturated rings. The van der Waals surface area contributed by atoms with E-state index in [0.717, 1.165) is 23.5 Å². The highest BCUT2D eigenvalue weighted by molar-refractivity contribution is 7.89. The van der Waals surface area contributed by atoms with Gasteiger partial charge in [0.25, 0.3) is 0 Å². The van der Waals surface area contributed by atoms with Gasteiger partial charge in [0.15, 0.2) is 0 Å². The van der Waals surface area contributed by atoms with Crippen molar-refractivity contribution in [1.82, 2.24) is 9.71 Å². The van der Waals surface area contributed by atoms with Gasteiger partial charge in [-0.15, -0.1) is 11.3 Å². The zero-order chi connectivity index (χ0) is 15.3. The van der Waals surface area contributed by atoms with Gasteiger partial charge < -0.3 is 5.32 Å². The van der Waals surface area contributed by atoms with Gasteiger partial charge in [0.05, 0.1) is 16.9 Å². The molecule has 0 spiro atoms. The standard InChI is InChI=1S/C14H19N3O2S2/c1-3-8-15-12-6-4-5-7-14(12)21(18,19)17-9-13-11(2)16-10-20-13/h4-7,10,15,17H,3,8-9H2,1-2H3. The fourth-order valence-electron chi connectivity index (χ4n) is 1.84. The average Bonchev–Trinajstić information content (AvgIpc) is 2.89. The van der Waals surface area contributed by atoms with Crippen molar-refractivity contribution in [2.24, 2.45) is 0 Å². The van der Waals surface area contributed by atoms with Gasteiger partial charge in [-0.2, -0.15) is 0 Å². The molecule has 1 aromatic heterocycles. The van der Waals surface area contributed by atoms with Crippen LogP contribution >= 0.6 is 11.3 Å². The second-order valence-corrected chi connectivity index (χ2v) is 7.28. The Balaban J connectivity index is 2.17. The number of nitrogens with zero attached hydrogens (tertiary/aromatic N) is 1. The average molecular weight is 325 g/mol. The number of hydrogen-bond donors (Lipinski definition) is 2. The Labute approximate surface area is 129 Å². The van der Waals surface area contributed by atoms with Gasteiger partial charge in [0.2, 0.25) is 10.0 Å². The number of rotatable bonds is 7. The minimum absolute atomic E-state index is 0.265. The highest BCUT2D eigenvalue weighted by Crippen LogP contribution is 2.21. The maximum atomic E-state index is 12.5. The van der Waals surface area contributed by atoms with E-state index in [-0.39, 0.29) is 11.4 Å². The van der Waals surface area contributed by atoms with Crippen LogP contribution < -0.4 is 10.0 Å². The Hall–Kier alpha value is -1.44. The van der Waals surface area contributed by atoms with Crippen molar-refractivity contribution in [2.75, 3.05) is 11.9 Å². The molecule has 0 saturated heterocycles. The predicted octanol–water partition coefficient (Wildman–Crippen LogP) is 2.75. The van der Waals surface area contributed by atoms with Crippen LogP contribution in [0.4, 0.5) is 5.69 Å². The van der Waals surface area contributed by atoms with Crippen LogP contribution in [-0.2, 0) is 16.6 Å². The van der Waals surface area contributed by atoms with Crippen LogP contribution in [0, 0.1) is 6.92 Å².